The average molecular weight is 478 g/mol. The second-order valence-electron chi connectivity index (χ2n) is 9.68. The third kappa shape index (κ3) is 7.26. The Morgan fingerprint density at radius 3 is 2.60 bits per heavy atom. The molecule has 0 unspecified atom stereocenters. The monoisotopic (exact) mass is 477 g/mol. The molecule has 0 bridgehead atoms. The topological polar surface area (TPSA) is 103 Å². The van der Waals surface area contributed by atoms with Gasteiger partial charge in [0.15, 0.2) is 0 Å². The second kappa shape index (κ2) is 12.7. The number of amidine groups is 1. The molecule has 2 heterocycles. The Morgan fingerprint density at radius 1 is 1.20 bits per heavy atom. The highest BCUT2D eigenvalue weighted by atomic mass is 16.2. The summed E-state index contributed by atoms with van der Waals surface area (Å²) in [6.45, 7) is 7.51. The van der Waals surface area contributed by atoms with Gasteiger partial charge in [0, 0.05) is 42.8 Å². The van der Waals surface area contributed by atoms with E-state index >= 15 is 0 Å². The summed E-state index contributed by atoms with van der Waals surface area (Å²) in [6.07, 6.45) is 14.0. The molecule has 188 valence electrons. The summed E-state index contributed by atoms with van der Waals surface area (Å²) in [4.78, 5) is 28.9. The normalized spacial score (nSPS) is 21.5. The molecule has 8 heteroatoms. The summed E-state index contributed by atoms with van der Waals surface area (Å²) in [5.41, 5.74) is 7.76. The van der Waals surface area contributed by atoms with Gasteiger partial charge in [-0.2, -0.15) is 0 Å². The maximum atomic E-state index is 13.2. The third-order valence-electron chi connectivity index (χ3n) is 7.19. The average Bonchev–Trinajstić information content (AvgIpc) is 3.41. The van der Waals surface area contributed by atoms with Crippen molar-refractivity contribution < 1.29 is 4.79 Å². The molecule has 1 saturated heterocycles. The SMILES string of the molecule is C=CN=C(N)CN(Cc1ncc[nH]1)C(=O)c1ccc(CNC2CCC(N3CCCCC3)CC2)cc1. The quantitative estimate of drug-likeness (QED) is 0.359. The fourth-order valence-electron chi connectivity index (χ4n) is 5.26. The lowest BCUT2D eigenvalue weighted by Crippen LogP contribution is -2.44. The van der Waals surface area contributed by atoms with E-state index in [0.717, 1.165) is 12.6 Å². The van der Waals surface area contributed by atoms with Crippen molar-refractivity contribution in [1.29, 1.82) is 0 Å². The number of aromatic amines is 1. The van der Waals surface area contributed by atoms with Gasteiger partial charge in [-0.15, -0.1) is 0 Å². The highest BCUT2D eigenvalue weighted by Crippen LogP contribution is 2.26. The standard InChI is InChI=1S/C27H39N7O/c1-2-29-25(28)19-34(20-26-30-14-15-31-26)27(35)22-8-6-21(7-9-22)18-32-23-10-12-24(13-11-23)33-16-4-3-5-17-33/h2,6-9,14-15,23-24,32H,1,3-5,10-13,16-20H2,(H2,28,29)(H,30,31). The van der Waals surface area contributed by atoms with Crippen LogP contribution in [0.1, 0.15) is 66.7 Å². The van der Waals surface area contributed by atoms with E-state index < -0.39 is 0 Å². The van der Waals surface area contributed by atoms with E-state index in [9.17, 15) is 4.79 Å². The Labute approximate surface area is 208 Å². The van der Waals surface area contributed by atoms with Crippen LogP contribution in [0.5, 0.6) is 0 Å². The zero-order valence-corrected chi connectivity index (χ0v) is 20.7. The summed E-state index contributed by atoms with van der Waals surface area (Å²) in [5.74, 6) is 0.912. The number of carbonyl (C=O) groups excluding carboxylic acids is 1. The van der Waals surface area contributed by atoms with Gasteiger partial charge in [-0.3, -0.25) is 4.79 Å². The van der Waals surface area contributed by atoms with E-state index in [1.165, 1.54) is 69.8 Å². The number of nitrogens with two attached hydrogens (primary N) is 1. The number of amides is 1. The first-order valence-corrected chi connectivity index (χ1v) is 12.9. The van der Waals surface area contributed by atoms with Crippen LogP contribution in [-0.2, 0) is 13.1 Å². The van der Waals surface area contributed by atoms with E-state index in [0.29, 0.717) is 29.8 Å². The molecule has 2 fully saturated rings. The molecule has 0 radical (unpaired) electrons. The van der Waals surface area contributed by atoms with Crippen molar-refractivity contribution in [2.75, 3.05) is 19.6 Å². The Hall–Kier alpha value is -2.97. The molecule has 8 nitrogen and oxygen atoms in total. The lowest BCUT2D eigenvalue weighted by molar-refractivity contribution is 0.0764. The van der Waals surface area contributed by atoms with Gasteiger partial charge in [-0.25, -0.2) is 9.98 Å². The lowest BCUT2D eigenvalue weighted by Gasteiger charge is -2.39. The van der Waals surface area contributed by atoms with Crippen molar-refractivity contribution in [3.8, 4) is 0 Å². The number of nitrogens with zero attached hydrogens (tertiary/aromatic N) is 4. The van der Waals surface area contributed by atoms with Gasteiger partial charge in [0.2, 0.25) is 0 Å². The Morgan fingerprint density at radius 2 is 1.94 bits per heavy atom. The molecule has 2 aliphatic rings. The summed E-state index contributed by atoms with van der Waals surface area (Å²) in [6, 6.07) is 9.21. The minimum absolute atomic E-state index is 0.112. The molecule has 0 spiro atoms. The van der Waals surface area contributed by atoms with Crippen LogP contribution in [0.15, 0.2) is 54.4 Å². The number of aromatic nitrogens is 2. The fourth-order valence-corrected chi connectivity index (χ4v) is 5.26. The number of piperidine rings is 1. The van der Waals surface area contributed by atoms with E-state index in [1.54, 1.807) is 17.3 Å². The van der Waals surface area contributed by atoms with Crippen molar-refractivity contribution in [3.63, 3.8) is 0 Å². The molecule has 0 atom stereocenters. The third-order valence-corrected chi connectivity index (χ3v) is 7.19. The maximum absolute atomic E-state index is 13.2. The zero-order chi connectivity index (χ0) is 24.5. The number of imidazole rings is 1. The van der Waals surface area contributed by atoms with Crippen LogP contribution in [0.2, 0.25) is 0 Å². The number of rotatable bonds is 10. The molecular formula is C27H39N7O. The first kappa shape index (κ1) is 25.1. The van der Waals surface area contributed by atoms with Gasteiger partial charge in [0.1, 0.15) is 11.7 Å². The molecule has 4 rings (SSSR count). The van der Waals surface area contributed by atoms with E-state index in [4.69, 9.17) is 5.73 Å². The number of benzene rings is 1. The minimum Gasteiger partial charge on any atom is -0.386 e. The molecule has 1 aromatic carbocycles. The predicted molar refractivity (Wildman–Crippen MR) is 140 cm³/mol. The Balaban J connectivity index is 1.28. The lowest BCUT2D eigenvalue weighted by atomic mass is 9.89. The van der Waals surface area contributed by atoms with Crippen LogP contribution < -0.4 is 11.1 Å². The van der Waals surface area contributed by atoms with Crippen molar-refractivity contribution in [1.82, 2.24) is 25.1 Å². The maximum Gasteiger partial charge on any atom is 0.254 e. The van der Waals surface area contributed by atoms with Gasteiger partial charge in [-0.1, -0.05) is 25.1 Å². The fraction of sp³-hybridized carbons (Fsp3) is 0.519. The first-order valence-electron chi connectivity index (χ1n) is 12.9. The molecule has 2 aromatic rings. The Kier molecular flexibility index (Phi) is 9.08. The van der Waals surface area contributed by atoms with Gasteiger partial charge in [0.05, 0.1) is 13.1 Å². The van der Waals surface area contributed by atoms with Gasteiger partial charge >= 0.3 is 0 Å². The van der Waals surface area contributed by atoms with Crippen molar-refractivity contribution >= 4 is 11.7 Å². The summed E-state index contributed by atoms with van der Waals surface area (Å²) >= 11 is 0. The van der Waals surface area contributed by atoms with Crippen LogP contribution >= 0.6 is 0 Å². The van der Waals surface area contributed by atoms with Crippen LogP contribution in [0, 0.1) is 0 Å². The smallest absolute Gasteiger partial charge is 0.254 e. The van der Waals surface area contributed by atoms with Crippen LogP contribution in [0.4, 0.5) is 0 Å². The highest BCUT2D eigenvalue weighted by Gasteiger charge is 2.26. The minimum atomic E-state index is -0.112. The van der Waals surface area contributed by atoms with Gasteiger partial charge in [-0.05, 0) is 69.3 Å². The van der Waals surface area contributed by atoms with E-state index in [1.807, 2.05) is 24.3 Å². The molecule has 1 aromatic heterocycles. The van der Waals surface area contributed by atoms with Gasteiger partial charge in [0.25, 0.3) is 5.91 Å². The number of carbonyl (C=O) groups is 1. The number of likely N-dealkylation sites (tertiary alicyclic amines) is 1. The van der Waals surface area contributed by atoms with Crippen molar-refractivity contribution in [3.05, 3.63) is 66.4 Å². The van der Waals surface area contributed by atoms with Crippen LogP contribution in [-0.4, -0.2) is 63.2 Å². The molecular weight excluding hydrogens is 438 g/mol. The largest absolute Gasteiger partial charge is 0.386 e. The first-order chi connectivity index (χ1) is 17.1. The molecule has 1 amide bonds. The number of hydrogen-bond donors (Lipinski definition) is 3. The van der Waals surface area contributed by atoms with Crippen molar-refractivity contribution in [2.24, 2.45) is 10.7 Å². The molecule has 1 saturated carbocycles. The van der Waals surface area contributed by atoms with Crippen LogP contribution in [0.3, 0.4) is 0 Å². The number of hydrogen-bond acceptors (Lipinski definition) is 5. The van der Waals surface area contributed by atoms with Crippen molar-refractivity contribution in [2.45, 2.75) is 70.1 Å². The predicted octanol–water partition coefficient (Wildman–Crippen LogP) is 3.44. The number of aliphatic imine (C=N–C) groups is 1. The summed E-state index contributed by atoms with van der Waals surface area (Å²) in [5, 5.41) is 3.73. The zero-order valence-electron chi connectivity index (χ0n) is 20.7. The van der Waals surface area contributed by atoms with Crippen LogP contribution in [0.25, 0.3) is 0 Å². The Bertz CT molecular complexity index is 956. The van der Waals surface area contributed by atoms with E-state index in [2.05, 4.69) is 31.8 Å². The molecule has 1 aliphatic heterocycles. The summed E-state index contributed by atoms with van der Waals surface area (Å²) in [7, 11) is 0. The highest BCUT2D eigenvalue weighted by molar-refractivity contribution is 5.97. The molecule has 1 aliphatic carbocycles. The molecule has 4 N–H and O–H groups in total. The molecule has 35 heavy (non-hydrogen) atoms. The van der Waals surface area contributed by atoms with E-state index in [-0.39, 0.29) is 12.5 Å². The number of nitrogens with one attached hydrogen (secondary N) is 2. The second-order valence-corrected chi connectivity index (χ2v) is 9.68. The van der Waals surface area contributed by atoms with Gasteiger partial charge < -0.3 is 25.8 Å². The summed E-state index contributed by atoms with van der Waals surface area (Å²) < 4.78 is 0. The number of H-pyrrole nitrogens is 1.